The van der Waals surface area contributed by atoms with E-state index in [4.69, 9.17) is 4.74 Å². The number of rotatable bonds is 7. The summed E-state index contributed by atoms with van der Waals surface area (Å²) in [5.74, 6) is -1.21. The summed E-state index contributed by atoms with van der Waals surface area (Å²) in [4.78, 5) is 54.0. The van der Waals surface area contributed by atoms with Gasteiger partial charge in [0.25, 0.3) is 5.91 Å². The summed E-state index contributed by atoms with van der Waals surface area (Å²) in [7, 11) is 1.27. The number of H-pyrrole nitrogens is 1. The summed E-state index contributed by atoms with van der Waals surface area (Å²) >= 11 is 1.23. The molecule has 0 saturated carbocycles. The van der Waals surface area contributed by atoms with Crippen molar-refractivity contribution in [3.63, 3.8) is 0 Å². The largest absolute Gasteiger partial charge is 0.465 e. The van der Waals surface area contributed by atoms with E-state index in [1.807, 2.05) is 0 Å². The third-order valence-electron chi connectivity index (χ3n) is 4.03. The summed E-state index contributed by atoms with van der Waals surface area (Å²) in [5, 5.41) is 7.48. The molecule has 3 aromatic rings. The first kappa shape index (κ1) is 20.9. The van der Waals surface area contributed by atoms with Gasteiger partial charge in [0.2, 0.25) is 11.5 Å². The summed E-state index contributed by atoms with van der Waals surface area (Å²) in [6.45, 7) is 0. The quantitative estimate of drug-likeness (QED) is 0.498. The average molecular weight is 426 g/mol. The number of nitrogens with one attached hydrogen (secondary N) is 3. The second kappa shape index (κ2) is 9.61. The van der Waals surface area contributed by atoms with Crippen LogP contribution in [0.15, 0.2) is 52.8 Å². The molecule has 0 radical (unpaired) electrons. The third-order valence-corrected chi connectivity index (χ3v) is 4.84. The number of ether oxygens (including phenoxy) is 1. The van der Waals surface area contributed by atoms with Gasteiger partial charge < -0.3 is 15.0 Å². The first-order chi connectivity index (χ1) is 14.5. The molecule has 0 fully saturated rings. The van der Waals surface area contributed by atoms with Gasteiger partial charge in [-0.2, -0.15) is 0 Å². The van der Waals surface area contributed by atoms with E-state index in [0.29, 0.717) is 28.5 Å². The number of aromatic nitrogens is 2. The molecule has 0 unspecified atom stereocenters. The molecule has 0 aliphatic heterocycles. The fourth-order valence-corrected chi connectivity index (χ4v) is 3.27. The van der Waals surface area contributed by atoms with Gasteiger partial charge in [0.15, 0.2) is 5.13 Å². The molecule has 1 aromatic carbocycles. The number of nitrogens with zero attached hydrogens (tertiary/aromatic N) is 1. The molecule has 30 heavy (non-hydrogen) atoms. The number of hydrogen-bond donors (Lipinski definition) is 3. The van der Waals surface area contributed by atoms with Crippen molar-refractivity contribution in [2.75, 3.05) is 17.7 Å². The highest BCUT2D eigenvalue weighted by Crippen LogP contribution is 2.19. The van der Waals surface area contributed by atoms with E-state index >= 15 is 0 Å². The molecule has 154 valence electrons. The minimum atomic E-state index is -0.534. The van der Waals surface area contributed by atoms with Gasteiger partial charge in [-0.3, -0.25) is 19.7 Å². The number of methoxy groups -OCH3 is 1. The van der Waals surface area contributed by atoms with E-state index < -0.39 is 11.9 Å². The van der Waals surface area contributed by atoms with Gasteiger partial charge in [0, 0.05) is 24.1 Å². The van der Waals surface area contributed by atoms with Crippen molar-refractivity contribution >= 4 is 39.9 Å². The van der Waals surface area contributed by atoms with E-state index in [0.717, 1.165) is 0 Å². The Kier molecular flexibility index (Phi) is 6.71. The van der Waals surface area contributed by atoms with E-state index in [2.05, 4.69) is 20.6 Å². The Morgan fingerprint density at radius 1 is 1.13 bits per heavy atom. The SMILES string of the molecule is COC(=O)c1ccccc1NC(=O)CCc1csc(NC(=O)c2ccc(=O)[nH]c2)n1. The minimum Gasteiger partial charge on any atom is -0.465 e. The highest BCUT2D eigenvalue weighted by molar-refractivity contribution is 7.14. The number of carbonyl (C=O) groups excluding carboxylic acids is 3. The third kappa shape index (κ3) is 5.39. The highest BCUT2D eigenvalue weighted by Gasteiger charge is 2.14. The van der Waals surface area contributed by atoms with Gasteiger partial charge in [0.05, 0.1) is 29.6 Å². The van der Waals surface area contributed by atoms with Gasteiger partial charge in [-0.1, -0.05) is 12.1 Å². The monoisotopic (exact) mass is 426 g/mol. The second-order valence-electron chi connectivity index (χ2n) is 6.13. The molecule has 2 aromatic heterocycles. The van der Waals surface area contributed by atoms with Crippen molar-refractivity contribution in [2.24, 2.45) is 0 Å². The van der Waals surface area contributed by atoms with Crippen LogP contribution in [-0.2, 0) is 16.0 Å². The Morgan fingerprint density at radius 2 is 1.93 bits per heavy atom. The maximum atomic E-state index is 12.3. The number of hydrogen-bond acceptors (Lipinski definition) is 7. The van der Waals surface area contributed by atoms with Crippen LogP contribution in [0.3, 0.4) is 0 Å². The Labute approximate surface area is 175 Å². The van der Waals surface area contributed by atoms with Crippen molar-refractivity contribution in [2.45, 2.75) is 12.8 Å². The minimum absolute atomic E-state index is 0.145. The van der Waals surface area contributed by atoms with Crippen LogP contribution in [0, 0.1) is 0 Å². The van der Waals surface area contributed by atoms with E-state index in [1.54, 1.807) is 29.6 Å². The fourth-order valence-electron chi connectivity index (χ4n) is 2.53. The van der Waals surface area contributed by atoms with Crippen LogP contribution in [0.1, 0.15) is 32.8 Å². The lowest BCUT2D eigenvalue weighted by atomic mass is 10.1. The van der Waals surface area contributed by atoms with Crippen molar-refractivity contribution in [1.29, 1.82) is 0 Å². The lowest BCUT2D eigenvalue weighted by Crippen LogP contribution is -2.16. The van der Waals surface area contributed by atoms with Crippen LogP contribution in [0.4, 0.5) is 10.8 Å². The predicted octanol–water partition coefficient (Wildman–Crippen LogP) is 2.44. The van der Waals surface area contributed by atoms with E-state index in [1.165, 1.54) is 36.8 Å². The Balaban J connectivity index is 1.55. The zero-order chi connectivity index (χ0) is 21.5. The maximum Gasteiger partial charge on any atom is 0.339 e. The smallest absolute Gasteiger partial charge is 0.339 e. The number of pyridine rings is 1. The zero-order valence-corrected chi connectivity index (χ0v) is 16.7. The second-order valence-corrected chi connectivity index (χ2v) is 6.98. The Bertz CT molecular complexity index is 1120. The number of benzene rings is 1. The van der Waals surface area contributed by atoms with Crippen molar-refractivity contribution < 1.29 is 19.1 Å². The summed E-state index contributed by atoms with van der Waals surface area (Å²) in [5.41, 5.74) is 1.30. The molecule has 0 aliphatic rings. The summed E-state index contributed by atoms with van der Waals surface area (Å²) in [6, 6.07) is 9.26. The van der Waals surface area contributed by atoms with Crippen LogP contribution < -0.4 is 16.2 Å². The lowest BCUT2D eigenvalue weighted by Gasteiger charge is -2.09. The molecule has 0 aliphatic carbocycles. The molecule has 0 spiro atoms. The van der Waals surface area contributed by atoms with Crippen molar-refractivity contribution in [3.05, 3.63) is 75.1 Å². The number of anilines is 2. The maximum absolute atomic E-state index is 12.3. The summed E-state index contributed by atoms with van der Waals surface area (Å²) < 4.78 is 4.71. The molecule has 9 nitrogen and oxygen atoms in total. The van der Waals surface area contributed by atoms with Crippen LogP contribution in [0.25, 0.3) is 0 Å². The number of carbonyl (C=O) groups is 3. The number of para-hydroxylation sites is 1. The Hall–Kier alpha value is -3.79. The number of aromatic amines is 1. The van der Waals surface area contributed by atoms with E-state index in [-0.39, 0.29) is 23.5 Å². The molecule has 0 bridgehead atoms. The topological polar surface area (TPSA) is 130 Å². The van der Waals surface area contributed by atoms with E-state index in [9.17, 15) is 19.2 Å². The first-order valence-electron chi connectivity index (χ1n) is 8.88. The average Bonchev–Trinajstić information content (AvgIpc) is 3.20. The number of aryl methyl sites for hydroxylation is 1. The normalized spacial score (nSPS) is 10.3. The zero-order valence-electron chi connectivity index (χ0n) is 15.9. The van der Waals surface area contributed by atoms with Gasteiger partial charge in [-0.25, -0.2) is 9.78 Å². The Morgan fingerprint density at radius 3 is 2.67 bits per heavy atom. The van der Waals surface area contributed by atoms with Gasteiger partial charge >= 0.3 is 5.97 Å². The molecule has 0 saturated heterocycles. The molecule has 3 rings (SSSR count). The van der Waals surface area contributed by atoms with Gasteiger partial charge in [-0.05, 0) is 24.6 Å². The number of thiazole rings is 1. The molecular weight excluding hydrogens is 408 g/mol. The van der Waals surface area contributed by atoms with Crippen molar-refractivity contribution in [3.8, 4) is 0 Å². The van der Waals surface area contributed by atoms with Crippen LogP contribution in [-0.4, -0.2) is 34.9 Å². The molecule has 2 heterocycles. The standard InChI is InChI=1S/C20H18N4O5S/c1-29-19(28)14-4-2-3-5-15(14)23-17(26)9-7-13-11-30-20(22-13)24-18(27)12-6-8-16(25)21-10-12/h2-6,8,10-11H,7,9H2,1H3,(H,21,25)(H,23,26)(H,22,24,27). The van der Waals surface area contributed by atoms with Crippen LogP contribution in [0.2, 0.25) is 0 Å². The highest BCUT2D eigenvalue weighted by atomic mass is 32.1. The fraction of sp³-hybridized carbons (Fsp3) is 0.150. The molecular formula is C20H18N4O5S. The first-order valence-corrected chi connectivity index (χ1v) is 9.76. The summed E-state index contributed by atoms with van der Waals surface area (Å²) in [6.07, 6.45) is 1.83. The van der Waals surface area contributed by atoms with Gasteiger partial charge in [-0.15, -0.1) is 11.3 Å². The molecule has 3 N–H and O–H groups in total. The predicted molar refractivity (Wildman–Crippen MR) is 112 cm³/mol. The van der Waals surface area contributed by atoms with Crippen LogP contribution >= 0.6 is 11.3 Å². The molecule has 0 atom stereocenters. The number of esters is 1. The molecule has 2 amide bonds. The lowest BCUT2D eigenvalue weighted by molar-refractivity contribution is -0.116. The van der Waals surface area contributed by atoms with Crippen molar-refractivity contribution in [1.82, 2.24) is 9.97 Å². The number of amides is 2. The molecule has 10 heteroatoms. The van der Waals surface area contributed by atoms with Gasteiger partial charge in [0.1, 0.15) is 0 Å². The van der Waals surface area contributed by atoms with Crippen LogP contribution in [0.5, 0.6) is 0 Å².